The highest BCUT2D eigenvalue weighted by molar-refractivity contribution is 6.31. The number of fused-ring (bicyclic) bond motifs is 1. The van der Waals surface area contributed by atoms with Crippen molar-refractivity contribution >= 4 is 47.0 Å². The molecule has 1 saturated carbocycles. The predicted octanol–water partition coefficient (Wildman–Crippen LogP) is 3.69. The van der Waals surface area contributed by atoms with Gasteiger partial charge in [0.25, 0.3) is 17.7 Å². The van der Waals surface area contributed by atoms with Crippen LogP contribution < -0.4 is 20.1 Å². The molecule has 2 N–H and O–H groups in total. The molecule has 286 valence electrons. The van der Waals surface area contributed by atoms with Gasteiger partial charge in [0, 0.05) is 57.4 Å². The Hall–Kier alpha value is -5.66. The van der Waals surface area contributed by atoms with E-state index in [1.807, 2.05) is 11.0 Å². The van der Waals surface area contributed by atoms with Crippen LogP contribution in [-0.2, 0) is 9.59 Å². The van der Waals surface area contributed by atoms with Gasteiger partial charge in [0.05, 0.1) is 33.4 Å². The zero-order valence-corrected chi connectivity index (χ0v) is 30.3. The number of carbonyl (C=O) groups excluding carboxylic acids is 5. The molecule has 1 aliphatic carbocycles. The van der Waals surface area contributed by atoms with Gasteiger partial charge in [-0.15, -0.1) is 0 Å². The fraction of sp³-hybridized carbons (Fsp3) is 0.395. The number of anilines is 1. The number of halogens is 3. The molecule has 3 aliphatic heterocycles. The minimum atomic E-state index is -1.23. The highest BCUT2D eigenvalue weighted by Crippen LogP contribution is 2.36. The summed E-state index contributed by atoms with van der Waals surface area (Å²) in [5, 5.41) is 9.39. The predicted molar refractivity (Wildman–Crippen MR) is 191 cm³/mol. The molecule has 1 unspecified atom stereocenters. The molecule has 3 aromatic rings. The fourth-order valence-corrected chi connectivity index (χ4v) is 7.82. The summed E-state index contributed by atoms with van der Waals surface area (Å²) in [6.45, 7) is 2.36. The maximum atomic E-state index is 15.2. The number of nitrogens with zero attached hydrogens (tertiary/aromatic N) is 6. The molecule has 3 fully saturated rings. The van der Waals surface area contributed by atoms with E-state index < -0.39 is 47.3 Å². The van der Waals surface area contributed by atoms with Crippen LogP contribution in [0.25, 0.3) is 0 Å². The smallest absolute Gasteiger partial charge is 0.262 e. The number of piperazine rings is 1. The first-order valence-electron chi connectivity index (χ1n) is 17.9. The number of hydrogen-bond donors (Lipinski definition) is 1. The lowest BCUT2D eigenvalue weighted by molar-refractivity contribution is -0.155. The molecular weight excluding hydrogens is 740 g/mol. The minimum absolute atomic E-state index is 0.0226. The normalized spacial score (nSPS) is 21.8. The standard InChI is InChI=1S/C38H36ClF2N7O7/c39-28-16-25(4-1-21(28)19-42)55-24-5-2-23(3-6-24)47-33(49)8-7-31(38(47)53)48-36(51)26-17-29(40)32(18-27(26)37(48)52)54-14-13-45-9-11-46(12-10-45)35-30(41)15-22(20-44-35)34(43)50/h1,4,15-18,20,23-24,31H,2-3,5-14H2,(H2,43,50). The van der Waals surface area contributed by atoms with E-state index in [9.17, 15) is 28.4 Å². The zero-order chi connectivity index (χ0) is 39.0. The second-order valence-corrected chi connectivity index (χ2v) is 14.2. The Labute approximate surface area is 319 Å². The molecule has 1 aromatic heterocycles. The number of nitriles is 1. The van der Waals surface area contributed by atoms with Crippen LogP contribution in [0.15, 0.2) is 42.6 Å². The van der Waals surface area contributed by atoms with Crippen LogP contribution >= 0.6 is 11.6 Å². The van der Waals surface area contributed by atoms with E-state index in [2.05, 4.69) is 4.98 Å². The first kappa shape index (κ1) is 37.6. The van der Waals surface area contributed by atoms with Crippen LogP contribution in [-0.4, -0.2) is 107 Å². The number of aromatic nitrogens is 1. The average Bonchev–Trinajstić information content (AvgIpc) is 3.40. The number of nitrogens with two attached hydrogens (primary N) is 1. The van der Waals surface area contributed by atoms with Crippen molar-refractivity contribution in [3.63, 3.8) is 0 Å². The van der Waals surface area contributed by atoms with Crippen LogP contribution in [0.2, 0.25) is 5.02 Å². The molecular formula is C38H36ClF2N7O7. The van der Waals surface area contributed by atoms with Crippen molar-refractivity contribution in [2.45, 2.75) is 56.7 Å². The largest absolute Gasteiger partial charge is 0.490 e. The molecule has 2 saturated heterocycles. The Morgan fingerprint density at radius 2 is 1.64 bits per heavy atom. The lowest BCUT2D eigenvalue weighted by Crippen LogP contribution is -2.59. The maximum Gasteiger partial charge on any atom is 0.262 e. The second-order valence-electron chi connectivity index (χ2n) is 13.8. The van der Waals surface area contributed by atoms with Gasteiger partial charge in [-0.05, 0) is 62.4 Å². The van der Waals surface area contributed by atoms with E-state index >= 15 is 4.39 Å². The van der Waals surface area contributed by atoms with Gasteiger partial charge in [-0.1, -0.05) is 11.6 Å². The van der Waals surface area contributed by atoms with Gasteiger partial charge in [-0.3, -0.25) is 38.7 Å². The van der Waals surface area contributed by atoms with E-state index in [4.69, 9.17) is 32.1 Å². The summed E-state index contributed by atoms with van der Waals surface area (Å²) in [6, 6.07) is 8.29. The summed E-state index contributed by atoms with van der Waals surface area (Å²) >= 11 is 6.13. The topological polar surface area (TPSA) is 179 Å². The van der Waals surface area contributed by atoms with Gasteiger partial charge in [-0.25, -0.2) is 13.8 Å². The number of carbonyl (C=O) groups is 5. The van der Waals surface area contributed by atoms with Crippen LogP contribution in [0.4, 0.5) is 14.6 Å². The zero-order valence-electron chi connectivity index (χ0n) is 29.5. The third-order valence-electron chi connectivity index (χ3n) is 10.5. The molecule has 17 heteroatoms. The van der Waals surface area contributed by atoms with Gasteiger partial charge in [0.1, 0.15) is 24.5 Å². The number of imide groups is 2. The third kappa shape index (κ3) is 7.54. The van der Waals surface area contributed by atoms with E-state index in [0.717, 1.165) is 17.0 Å². The third-order valence-corrected chi connectivity index (χ3v) is 10.8. The van der Waals surface area contributed by atoms with Crippen molar-refractivity contribution in [3.8, 4) is 17.6 Å². The first-order chi connectivity index (χ1) is 26.4. The molecule has 1 atom stereocenters. The molecule has 4 heterocycles. The Bertz CT molecular complexity index is 2110. The van der Waals surface area contributed by atoms with Crippen molar-refractivity contribution in [2.75, 3.05) is 44.2 Å². The quantitative estimate of drug-likeness (QED) is 0.297. The van der Waals surface area contributed by atoms with E-state index in [1.165, 1.54) is 17.2 Å². The number of amides is 5. The van der Waals surface area contributed by atoms with Gasteiger partial charge in [-0.2, -0.15) is 5.26 Å². The fourth-order valence-electron chi connectivity index (χ4n) is 7.60. The van der Waals surface area contributed by atoms with Crippen LogP contribution in [0.5, 0.6) is 11.5 Å². The minimum Gasteiger partial charge on any atom is -0.490 e. The van der Waals surface area contributed by atoms with Gasteiger partial charge in [0.15, 0.2) is 23.2 Å². The number of benzene rings is 2. The lowest BCUT2D eigenvalue weighted by Gasteiger charge is -2.41. The maximum absolute atomic E-state index is 15.2. The Morgan fingerprint density at radius 3 is 2.29 bits per heavy atom. The summed E-state index contributed by atoms with van der Waals surface area (Å²) in [6.07, 6.45) is 2.89. The summed E-state index contributed by atoms with van der Waals surface area (Å²) in [7, 11) is 0. The van der Waals surface area contributed by atoms with Crippen molar-refractivity contribution < 1.29 is 42.2 Å². The van der Waals surface area contributed by atoms with Crippen LogP contribution in [0.1, 0.15) is 75.2 Å². The van der Waals surface area contributed by atoms with Gasteiger partial charge >= 0.3 is 0 Å². The highest BCUT2D eigenvalue weighted by Gasteiger charge is 2.49. The monoisotopic (exact) mass is 775 g/mol. The van der Waals surface area contributed by atoms with E-state index in [1.54, 1.807) is 23.1 Å². The second kappa shape index (κ2) is 15.6. The molecule has 5 amide bonds. The van der Waals surface area contributed by atoms with Crippen molar-refractivity contribution in [1.29, 1.82) is 5.26 Å². The molecule has 0 spiro atoms. The Morgan fingerprint density at radius 1 is 0.927 bits per heavy atom. The summed E-state index contributed by atoms with van der Waals surface area (Å²) in [4.78, 5) is 75.3. The van der Waals surface area contributed by atoms with E-state index in [0.29, 0.717) is 69.7 Å². The number of likely N-dealkylation sites (tertiary alicyclic amines) is 1. The lowest BCUT2D eigenvalue weighted by atomic mass is 9.89. The number of piperidine rings is 1. The number of pyridine rings is 1. The number of ether oxygens (including phenoxy) is 2. The van der Waals surface area contributed by atoms with Gasteiger partial charge in [0.2, 0.25) is 11.8 Å². The average molecular weight is 776 g/mol. The molecule has 7 rings (SSSR count). The Kier molecular flexibility index (Phi) is 10.7. The molecule has 14 nitrogen and oxygen atoms in total. The van der Waals surface area contributed by atoms with Crippen molar-refractivity contribution in [2.24, 2.45) is 5.73 Å². The SMILES string of the molecule is N#Cc1ccc(OC2CCC(N3C(=O)CCC(N4C(=O)c5cc(F)c(OCCN6CCN(c7ncc(C(N)=O)cc7F)CC6)cc5C4=O)C3=O)CC2)cc1Cl. The van der Waals surface area contributed by atoms with Crippen molar-refractivity contribution in [3.05, 3.63) is 81.5 Å². The van der Waals surface area contributed by atoms with Crippen molar-refractivity contribution in [1.82, 2.24) is 19.7 Å². The molecule has 0 bridgehead atoms. The summed E-state index contributed by atoms with van der Waals surface area (Å²) < 4.78 is 41.5. The molecule has 55 heavy (non-hydrogen) atoms. The molecule has 0 radical (unpaired) electrons. The molecule has 2 aromatic carbocycles. The van der Waals surface area contributed by atoms with E-state index in [-0.39, 0.29) is 64.7 Å². The first-order valence-corrected chi connectivity index (χ1v) is 18.3. The number of primary amides is 1. The van der Waals surface area contributed by atoms with Crippen LogP contribution in [0.3, 0.4) is 0 Å². The summed E-state index contributed by atoms with van der Waals surface area (Å²) in [5.41, 5.74) is 5.23. The van der Waals surface area contributed by atoms with Gasteiger partial charge < -0.3 is 20.1 Å². The van der Waals surface area contributed by atoms with Crippen LogP contribution in [0, 0.1) is 23.0 Å². The number of hydrogen-bond acceptors (Lipinski definition) is 11. The molecule has 4 aliphatic rings. The Balaban J connectivity index is 0.936. The highest BCUT2D eigenvalue weighted by atomic mass is 35.5. The number of rotatable bonds is 10. The summed E-state index contributed by atoms with van der Waals surface area (Å²) in [5.74, 6) is -4.48.